The molecule has 1 aliphatic heterocycles. The molecule has 2 heterocycles. The Bertz CT molecular complexity index is 624. The van der Waals surface area contributed by atoms with Crippen LogP contribution in [0.4, 0.5) is 0 Å². The van der Waals surface area contributed by atoms with E-state index in [1.807, 2.05) is 12.1 Å². The van der Waals surface area contributed by atoms with Crippen LogP contribution < -0.4 is 9.47 Å². The van der Waals surface area contributed by atoms with Gasteiger partial charge in [0, 0.05) is 31.1 Å². The molecule has 1 aromatic rings. The number of ether oxygens (including phenoxy) is 4. The van der Waals surface area contributed by atoms with Gasteiger partial charge in [-0.15, -0.1) is 0 Å². The van der Waals surface area contributed by atoms with Gasteiger partial charge in [0.2, 0.25) is 5.88 Å². The van der Waals surface area contributed by atoms with Gasteiger partial charge in [0.1, 0.15) is 11.9 Å². The van der Waals surface area contributed by atoms with Crippen molar-refractivity contribution in [2.45, 2.75) is 90.3 Å². The van der Waals surface area contributed by atoms with Crippen LogP contribution in [0.25, 0.3) is 0 Å². The van der Waals surface area contributed by atoms with Crippen LogP contribution in [0.5, 0.6) is 11.6 Å². The fourth-order valence-corrected chi connectivity index (χ4v) is 3.50. The molecule has 0 N–H and O–H groups in total. The number of likely N-dealkylation sites (tertiary alicyclic amines) is 1. The Balaban J connectivity index is 1.23. The van der Waals surface area contributed by atoms with Gasteiger partial charge < -0.3 is 18.9 Å². The first-order chi connectivity index (χ1) is 13.6. The van der Waals surface area contributed by atoms with E-state index in [1.165, 1.54) is 0 Å². The molecule has 0 unspecified atom stereocenters. The van der Waals surface area contributed by atoms with Crippen LogP contribution in [-0.4, -0.2) is 65.6 Å². The molecule has 3 rings (SSSR count). The maximum absolute atomic E-state index is 5.93. The van der Waals surface area contributed by atoms with E-state index >= 15 is 0 Å². The quantitative estimate of drug-likeness (QED) is 0.576. The summed E-state index contributed by atoms with van der Waals surface area (Å²) in [5.41, 5.74) is 0.137. The van der Waals surface area contributed by atoms with E-state index in [2.05, 4.69) is 51.4 Å². The molecule has 1 saturated heterocycles. The number of aromatic nitrogens is 1. The second kappa shape index (κ2) is 9.19. The van der Waals surface area contributed by atoms with E-state index in [-0.39, 0.29) is 17.2 Å². The molecule has 0 bridgehead atoms. The Kier molecular flexibility index (Phi) is 7.07. The molecule has 6 nitrogen and oxygen atoms in total. The van der Waals surface area contributed by atoms with Crippen molar-refractivity contribution < 1.29 is 18.9 Å². The van der Waals surface area contributed by atoms with Crippen LogP contribution in [0.15, 0.2) is 18.3 Å². The van der Waals surface area contributed by atoms with Gasteiger partial charge >= 0.3 is 0 Å². The highest BCUT2D eigenvalue weighted by Gasteiger charge is 2.36. The number of pyridine rings is 1. The Morgan fingerprint density at radius 1 is 0.966 bits per heavy atom. The van der Waals surface area contributed by atoms with E-state index in [4.69, 9.17) is 18.9 Å². The average molecular weight is 407 g/mol. The molecule has 0 aromatic carbocycles. The second-order valence-corrected chi connectivity index (χ2v) is 10.2. The van der Waals surface area contributed by atoms with Gasteiger partial charge in [-0.25, -0.2) is 4.98 Å². The van der Waals surface area contributed by atoms with Crippen LogP contribution in [0.3, 0.4) is 0 Å². The highest BCUT2D eigenvalue weighted by Crippen LogP contribution is 2.30. The number of nitrogens with zero attached hydrogens (tertiary/aromatic N) is 2. The first-order valence-electron chi connectivity index (χ1n) is 10.9. The lowest BCUT2D eigenvalue weighted by molar-refractivity contribution is -0.149. The lowest BCUT2D eigenvalue weighted by Crippen LogP contribution is -2.60. The number of hydrogen-bond acceptors (Lipinski definition) is 6. The minimum absolute atomic E-state index is 0.0667. The van der Waals surface area contributed by atoms with E-state index in [0.29, 0.717) is 31.3 Å². The average Bonchev–Trinajstić information content (AvgIpc) is 2.53. The van der Waals surface area contributed by atoms with Crippen molar-refractivity contribution >= 4 is 0 Å². The first kappa shape index (κ1) is 22.3. The highest BCUT2D eigenvalue weighted by atomic mass is 16.5. The molecule has 1 aromatic heterocycles. The lowest BCUT2D eigenvalue weighted by Gasteiger charge is -2.46. The molecule has 2 aliphatic rings. The molecule has 1 saturated carbocycles. The smallest absolute Gasteiger partial charge is 0.213 e. The largest absolute Gasteiger partial charge is 0.492 e. The minimum atomic E-state index is -0.0667. The first-order valence-corrected chi connectivity index (χ1v) is 10.9. The Hall–Kier alpha value is -1.37. The van der Waals surface area contributed by atoms with Gasteiger partial charge in [-0.2, -0.15) is 0 Å². The summed E-state index contributed by atoms with van der Waals surface area (Å²) in [7, 11) is 0. The number of rotatable bonds is 9. The second-order valence-electron chi connectivity index (χ2n) is 10.2. The molecular weight excluding hydrogens is 368 g/mol. The standard InChI is InChI=1S/C23H38N2O4/c1-22(2,3)25-15-20(16-25)28-21-9-8-17(14-24-21)26-10-7-11-27-18-12-19(13-18)29-23(4,5)6/h8-9,14,18-20H,7,10-13,15-16H2,1-6H3. The summed E-state index contributed by atoms with van der Waals surface area (Å²) in [5.74, 6) is 1.43. The molecule has 6 heteroatoms. The molecular formula is C23H38N2O4. The lowest BCUT2D eigenvalue weighted by atomic mass is 9.91. The van der Waals surface area contributed by atoms with Gasteiger partial charge in [0.25, 0.3) is 0 Å². The van der Waals surface area contributed by atoms with E-state index in [0.717, 1.165) is 38.1 Å². The zero-order valence-corrected chi connectivity index (χ0v) is 18.9. The van der Waals surface area contributed by atoms with Gasteiger partial charge in [-0.05, 0) is 60.5 Å². The SMILES string of the molecule is CC(C)(C)OC1CC(OCCCOc2ccc(OC3CN(C(C)(C)C)C3)nc2)C1. The predicted octanol–water partition coefficient (Wildman–Crippen LogP) is 4.07. The van der Waals surface area contributed by atoms with Crippen LogP contribution >= 0.6 is 0 Å². The summed E-state index contributed by atoms with van der Waals surface area (Å²) in [4.78, 5) is 6.77. The van der Waals surface area contributed by atoms with Gasteiger partial charge in [0.15, 0.2) is 0 Å². The maximum atomic E-state index is 5.93. The maximum Gasteiger partial charge on any atom is 0.213 e. The topological polar surface area (TPSA) is 53.1 Å². The summed E-state index contributed by atoms with van der Waals surface area (Å²) >= 11 is 0. The van der Waals surface area contributed by atoms with E-state index < -0.39 is 0 Å². The molecule has 29 heavy (non-hydrogen) atoms. The molecule has 0 amide bonds. The van der Waals surface area contributed by atoms with E-state index in [1.54, 1.807) is 6.20 Å². The summed E-state index contributed by atoms with van der Waals surface area (Å²) in [5, 5.41) is 0. The predicted molar refractivity (Wildman–Crippen MR) is 114 cm³/mol. The van der Waals surface area contributed by atoms with Gasteiger partial charge in [-0.1, -0.05) is 0 Å². The molecule has 1 aliphatic carbocycles. The monoisotopic (exact) mass is 406 g/mol. The van der Waals surface area contributed by atoms with Gasteiger partial charge in [0.05, 0.1) is 37.2 Å². The Morgan fingerprint density at radius 3 is 2.28 bits per heavy atom. The Labute approximate surface area is 175 Å². The van der Waals surface area contributed by atoms with Crippen molar-refractivity contribution in [3.05, 3.63) is 18.3 Å². The molecule has 0 radical (unpaired) electrons. The fraction of sp³-hybridized carbons (Fsp3) is 0.783. The molecule has 2 fully saturated rings. The zero-order valence-electron chi connectivity index (χ0n) is 18.9. The van der Waals surface area contributed by atoms with Crippen LogP contribution in [0.1, 0.15) is 60.8 Å². The van der Waals surface area contributed by atoms with Gasteiger partial charge in [-0.3, -0.25) is 4.90 Å². The third-order valence-corrected chi connectivity index (χ3v) is 5.28. The third-order valence-electron chi connectivity index (χ3n) is 5.28. The van der Waals surface area contributed by atoms with Crippen molar-refractivity contribution in [1.29, 1.82) is 0 Å². The summed E-state index contributed by atoms with van der Waals surface area (Å²) in [6.45, 7) is 16.2. The Morgan fingerprint density at radius 2 is 1.69 bits per heavy atom. The molecule has 0 atom stereocenters. The van der Waals surface area contributed by atoms with E-state index in [9.17, 15) is 0 Å². The third kappa shape index (κ3) is 7.12. The van der Waals surface area contributed by atoms with Crippen LogP contribution in [0, 0.1) is 0 Å². The van der Waals surface area contributed by atoms with Crippen molar-refractivity contribution in [1.82, 2.24) is 9.88 Å². The number of hydrogen-bond donors (Lipinski definition) is 0. The summed E-state index contributed by atoms with van der Waals surface area (Å²) in [6.07, 6.45) is 5.50. The molecule has 0 spiro atoms. The van der Waals surface area contributed by atoms with Crippen molar-refractivity contribution in [3.8, 4) is 11.6 Å². The van der Waals surface area contributed by atoms with Crippen molar-refractivity contribution in [2.24, 2.45) is 0 Å². The summed E-state index contributed by atoms with van der Waals surface area (Å²) < 4.78 is 23.5. The van der Waals surface area contributed by atoms with Crippen LogP contribution in [-0.2, 0) is 9.47 Å². The normalized spacial score (nSPS) is 23.4. The van der Waals surface area contributed by atoms with Crippen LogP contribution in [0.2, 0.25) is 0 Å². The minimum Gasteiger partial charge on any atom is -0.492 e. The zero-order chi connectivity index (χ0) is 21.1. The fourth-order valence-electron chi connectivity index (χ4n) is 3.50. The molecule has 164 valence electrons. The summed E-state index contributed by atoms with van der Waals surface area (Å²) in [6, 6.07) is 3.80. The highest BCUT2D eigenvalue weighted by molar-refractivity contribution is 5.23. The van der Waals surface area contributed by atoms with Crippen molar-refractivity contribution in [3.63, 3.8) is 0 Å². The van der Waals surface area contributed by atoms with Crippen molar-refractivity contribution in [2.75, 3.05) is 26.3 Å².